The average Bonchev–Trinajstić information content (AvgIpc) is 2.65. The number of ether oxygens (including phenoxy) is 1. The number of aromatic nitrogens is 1. The first-order valence-corrected chi connectivity index (χ1v) is 9.82. The fraction of sp³-hybridized carbons (Fsp3) is 0.524. The number of rotatable bonds is 7. The molecule has 0 amide bonds. The molecule has 2 aromatic rings. The summed E-state index contributed by atoms with van der Waals surface area (Å²) in [5.41, 5.74) is -0.0525. The Morgan fingerprint density at radius 2 is 2.14 bits per heavy atom. The standard InChI is InChI=1S/C21H28N2O5/c1-3-8-21(20(26)27)13-23(9-7-18(21)24)12-15-10-14-11-16(28-4-2)5-6-17(14)22-19(15)25/h5-6,10-11,18,24H,3-4,7-9,12-13H2,1-2H3,(H,22,25)(H,26,27)/t18-,21-/m1/s1. The largest absolute Gasteiger partial charge is 0.494 e. The van der Waals surface area contributed by atoms with Crippen molar-refractivity contribution in [1.29, 1.82) is 0 Å². The van der Waals surface area contributed by atoms with E-state index in [9.17, 15) is 19.8 Å². The van der Waals surface area contributed by atoms with Gasteiger partial charge in [0.25, 0.3) is 5.56 Å². The Kier molecular flexibility index (Phi) is 6.05. The summed E-state index contributed by atoms with van der Waals surface area (Å²) in [5, 5.41) is 21.0. The summed E-state index contributed by atoms with van der Waals surface area (Å²) in [5.74, 6) is -0.234. The normalized spacial score (nSPS) is 23.0. The fourth-order valence-corrected chi connectivity index (χ4v) is 4.15. The average molecular weight is 388 g/mol. The van der Waals surface area contributed by atoms with Crippen LogP contribution in [0.1, 0.15) is 38.7 Å². The summed E-state index contributed by atoms with van der Waals surface area (Å²) in [6.45, 7) is 5.52. The van der Waals surface area contributed by atoms with Crippen molar-refractivity contribution >= 4 is 16.9 Å². The van der Waals surface area contributed by atoms with Crippen LogP contribution in [0.2, 0.25) is 0 Å². The van der Waals surface area contributed by atoms with Gasteiger partial charge in [-0.15, -0.1) is 0 Å². The molecule has 1 aliphatic heterocycles. The molecule has 3 rings (SSSR count). The zero-order chi connectivity index (χ0) is 20.3. The molecule has 0 saturated carbocycles. The van der Waals surface area contributed by atoms with Crippen LogP contribution in [-0.4, -0.2) is 51.9 Å². The van der Waals surface area contributed by atoms with Gasteiger partial charge in [0.2, 0.25) is 0 Å². The molecule has 2 atom stereocenters. The molecule has 0 aliphatic carbocycles. The van der Waals surface area contributed by atoms with Crippen molar-refractivity contribution in [3.63, 3.8) is 0 Å². The van der Waals surface area contributed by atoms with Gasteiger partial charge in [-0.3, -0.25) is 14.5 Å². The molecule has 1 aromatic heterocycles. The second-order valence-corrected chi connectivity index (χ2v) is 7.53. The van der Waals surface area contributed by atoms with E-state index < -0.39 is 17.5 Å². The Labute approximate surface area is 163 Å². The number of hydrogen-bond acceptors (Lipinski definition) is 5. The number of nitrogens with one attached hydrogen (secondary N) is 1. The monoisotopic (exact) mass is 388 g/mol. The highest BCUT2D eigenvalue weighted by Crippen LogP contribution is 2.36. The van der Waals surface area contributed by atoms with Crippen LogP contribution in [0.5, 0.6) is 5.75 Å². The lowest BCUT2D eigenvalue weighted by Gasteiger charge is -2.43. The van der Waals surface area contributed by atoms with Crippen LogP contribution < -0.4 is 10.3 Å². The van der Waals surface area contributed by atoms with Gasteiger partial charge < -0.3 is 19.9 Å². The van der Waals surface area contributed by atoms with E-state index in [1.807, 2.05) is 43.0 Å². The molecule has 7 heteroatoms. The van der Waals surface area contributed by atoms with Crippen molar-refractivity contribution in [2.24, 2.45) is 5.41 Å². The number of carbonyl (C=O) groups is 1. The van der Waals surface area contributed by atoms with Crippen LogP contribution in [-0.2, 0) is 11.3 Å². The number of carboxylic acid groups (broad SMARTS) is 1. The maximum atomic E-state index is 12.5. The minimum absolute atomic E-state index is 0.181. The summed E-state index contributed by atoms with van der Waals surface area (Å²) in [6, 6.07) is 7.36. The predicted molar refractivity (Wildman–Crippen MR) is 107 cm³/mol. The summed E-state index contributed by atoms with van der Waals surface area (Å²) >= 11 is 0. The third kappa shape index (κ3) is 3.91. The van der Waals surface area contributed by atoms with Crippen molar-refractivity contribution in [2.75, 3.05) is 19.7 Å². The number of H-pyrrole nitrogens is 1. The highest BCUT2D eigenvalue weighted by Gasteiger charge is 2.48. The van der Waals surface area contributed by atoms with Gasteiger partial charge in [-0.2, -0.15) is 0 Å². The minimum atomic E-state index is -1.18. The molecule has 1 aromatic carbocycles. The number of aliphatic hydroxyl groups excluding tert-OH is 1. The Morgan fingerprint density at radius 3 is 2.82 bits per heavy atom. The number of likely N-dealkylation sites (tertiary alicyclic amines) is 1. The SMILES string of the molecule is CCC[C@@]1(C(=O)O)CN(Cc2cc3cc(OCC)ccc3[nH]c2=O)CC[C@H]1O. The third-order valence-corrected chi connectivity index (χ3v) is 5.58. The first kappa shape index (κ1) is 20.4. The van der Waals surface area contributed by atoms with Gasteiger partial charge >= 0.3 is 5.97 Å². The maximum absolute atomic E-state index is 12.5. The van der Waals surface area contributed by atoms with Crippen LogP contribution in [0.4, 0.5) is 0 Å². The zero-order valence-corrected chi connectivity index (χ0v) is 16.4. The van der Waals surface area contributed by atoms with Gasteiger partial charge in [-0.05, 0) is 44.0 Å². The molecule has 1 saturated heterocycles. The number of aromatic amines is 1. The van der Waals surface area contributed by atoms with Crippen LogP contribution in [0, 0.1) is 5.41 Å². The first-order chi connectivity index (χ1) is 13.4. The fourth-order valence-electron chi connectivity index (χ4n) is 4.15. The van der Waals surface area contributed by atoms with E-state index in [4.69, 9.17) is 4.74 Å². The smallest absolute Gasteiger partial charge is 0.313 e. The molecule has 0 spiro atoms. The number of fused-ring (bicyclic) bond motifs is 1. The van der Waals surface area contributed by atoms with E-state index in [1.165, 1.54) is 0 Å². The van der Waals surface area contributed by atoms with Gasteiger partial charge in [0, 0.05) is 36.1 Å². The van der Waals surface area contributed by atoms with E-state index in [1.54, 1.807) is 0 Å². The Bertz CT molecular complexity index is 909. The van der Waals surface area contributed by atoms with Crippen molar-refractivity contribution in [3.8, 4) is 5.75 Å². The molecule has 7 nitrogen and oxygen atoms in total. The number of pyridine rings is 1. The van der Waals surface area contributed by atoms with Gasteiger partial charge in [0.15, 0.2) is 0 Å². The Morgan fingerprint density at radius 1 is 1.36 bits per heavy atom. The molecular weight excluding hydrogens is 360 g/mol. The van der Waals surface area contributed by atoms with Crippen molar-refractivity contribution < 1.29 is 19.7 Å². The third-order valence-electron chi connectivity index (χ3n) is 5.58. The van der Waals surface area contributed by atoms with Crippen molar-refractivity contribution in [3.05, 3.63) is 40.2 Å². The van der Waals surface area contributed by atoms with E-state index in [0.717, 1.165) is 16.7 Å². The minimum Gasteiger partial charge on any atom is -0.494 e. The topological polar surface area (TPSA) is 103 Å². The van der Waals surface area contributed by atoms with Gasteiger partial charge in [0.05, 0.1) is 12.7 Å². The van der Waals surface area contributed by atoms with Crippen LogP contribution in [0.15, 0.2) is 29.1 Å². The number of benzene rings is 1. The van der Waals surface area contributed by atoms with E-state index in [-0.39, 0.29) is 12.1 Å². The van der Waals surface area contributed by atoms with Crippen molar-refractivity contribution in [2.45, 2.75) is 45.8 Å². The molecule has 1 fully saturated rings. The van der Waals surface area contributed by atoms with Gasteiger partial charge in [-0.1, -0.05) is 13.3 Å². The summed E-state index contributed by atoms with van der Waals surface area (Å²) < 4.78 is 5.53. The number of carboxylic acids is 1. The molecule has 0 unspecified atom stereocenters. The predicted octanol–water partition coefficient (Wildman–Crippen LogP) is 2.36. The molecule has 1 aliphatic rings. The molecule has 0 radical (unpaired) electrons. The Hall–Kier alpha value is -2.38. The summed E-state index contributed by atoms with van der Waals surface area (Å²) in [7, 11) is 0. The molecule has 0 bridgehead atoms. The molecular formula is C21H28N2O5. The zero-order valence-electron chi connectivity index (χ0n) is 16.4. The van der Waals surface area contributed by atoms with Crippen LogP contribution in [0.25, 0.3) is 10.9 Å². The van der Waals surface area contributed by atoms with E-state index >= 15 is 0 Å². The van der Waals surface area contributed by atoms with E-state index in [2.05, 4.69) is 4.98 Å². The number of aliphatic carboxylic acids is 1. The highest BCUT2D eigenvalue weighted by atomic mass is 16.5. The summed E-state index contributed by atoms with van der Waals surface area (Å²) in [6.07, 6.45) is 0.594. The lowest BCUT2D eigenvalue weighted by molar-refractivity contribution is -0.164. The maximum Gasteiger partial charge on any atom is 0.313 e. The van der Waals surface area contributed by atoms with Crippen LogP contribution >= 0.6 is 0 Å². The van der Waals surface area contributed by atoms with Crippen molar-refractivity contribution in [1.82, 2.24) is 9.88 Å². The second kappa shape index (κ2) is 8.32. The number of nitrogens with zero attached hydrogens (tertiary/aromatic N) is 1. The Balaban J connectivity index is 1.88. The first-order valence-electron chi connectivity index (χ1n) is 9.82. The highest BCUT2D eigenvalue weighted by molar-refractivity contribution is 5.80. The molecule has 152 valence electrons. The lowest BCUT2D eigenvalue weighted by atomic mass is 9.74. The van der Waals surface area contributed by atoms with Crippen LogP contribution in [0.3, 0.4) is 0 Å². The number of aliphatic hydroxyl groups is 1. The van der Waals surface area contributed by atoms with E-state index in [0.29, 0.717) is 44.5 Å². The second-order valence-electron chi connectivity index (χ2n) is 7.53. The quantitative estimate of drug-likeness (QED) is 0.673. The van der Waals surface area contributed by atoms with Gasteiger partial charge in [0.1, 0.15) is 11.2 Å². The summed E-state index contributed by atoms with van der Waals surface area (Å²) in [4.78, 5) is 29.3. The molecule has 3 N–H and O–H groups in total. The molecule has 28 heavy (non-hydrogen) atoms. The number of piperidine rings is 1. The molecule has 2 heterocycles. The number of hydrogen-bond donors (Lipinski definition) is 3. The lowest BCUT2D eigenvalue weighted by Crippen LogP contribution is -2.55. The van der Waals surface area contributed by atoms with Gasteiger partial charge in [-0.25, -0.2) is 0 Å².